The van der Waals surface area contributed by atoms with Crippen molar-refractivity contribution in [2.45, 2.75) is 0 Å². The Balaban J connectivity index is 2.54. The maximum Gasteiger partial charge on any atom is 0.0671 e. The second-order valence-corrected chi connectivity index (χ2v) is 6.97. The van der Waals surface area contributed by atoms with Gasteiger partial charge in [0.15, 0.2) is 0 Å². The summed E-state index contributed by atoms with van der Waals surface area (Å²) in [4.78, 5) is 0. The monoisotopic (exact) mass is 131 g/mol. The number of rotatable bonds is 1. The summed E-state index contributed by atoms with van der Waals surface area (Å²) in [6.07, 6.45) is 0. The van der Waals surface area contributed by atoms with E-state index in [0.717, 1.165) is 7.96 Å². The second kappa shape index (κ2) is 4.72. The lowest BCUT2D eigenvalue weighted by atomic mass is 29.4. The first kappa shape index (κ1) is 3.89. The first-order chi connectivity index (χ1) is 2.27. The van der Waals surface area contributed by atoms with Crippen LogP contribution in [0.25, 0.3) is 0 Å². The molecule has 0 bridgehead atoms. The van der Waals surface area contributed by atoms with Crippen molar-refractivity contribution in [3.8, 4) is 0 Å². The first-order valence-corrected chi connectivity index (χ1v) is 6.93. The van der Waals surface area contributed by atoms with Crippen LogP contribution in [0, 0.1) is 0 Å². The Bertz CT molecular complexity index is 17.6. The molecule has 0 aromatic rings. The molecule has 4 unspecified atom stereocenters. The number of hydrogen-bond donors (Lipinski definition) is 0. The van der Waals surface area contributed by atoms with Crippen LogP contribution >= 0.6 is 33.7 Å². The predicted octanol–water partition coefficient (Wildman–Crippen LogP) is 1.84. The molecule has 0 saturated heterocycles. The van der Waals surface area contributed by atoms with Gasteiger partial charge in [0.1, 0.15) is 0 Å². The van der Waals surface area contributed by atoms with Crippen molar-refractivity contribution in [2.24, 2.45) is 0 Å². The molecule has 0 rings (SSSR count). The van der Waals surface area contributed by atoms with Crippen molar-refractivity contribution in [1.29, 1.82) is 1.28 Å². The van der Waals surface area contributed by atoms with Crippen molar-refractivity contribution < 1.29 is 0 Å². The van der Waals surface area contributed by atoms with Crippen LogP contribution in [0.3, 0.4) is 0 Å². The first-order valence-electron chi connectivity index (χ1n) is 1.22. The molecule has 4 atom stereocenters. The van der Waals surface area contributed by atoms with Crippen LogP contribution < -0.4 is 0 Å². The molecule has 0 aromatic heterocycles. The zero-order valence-electron chi connectivity index (χ0n) is 3.10. The van der Waals surface area contributed by atoms with Gasteiger partial charge in [-0.3, -0.25) is 0 Å². The fourth-order valence-corrected chi connectivity index (χ4v) is 0. The summed E-state index contributed by atoms with van der Waals surface area (Å²) < 4.78 is 6.85. The molecule has 4 heavy (non-hydrogen) atoms. The van der Waals surface area contributed by atoms with Gasteiger partial charge in [0.25, 0.3) is 0 Å². The summed E-state index contributed by atoms with van der Waals surface area (Å²) in [6.45, 7) is 0. The molecule has 0 heterocycles. The van der Waals surface area contributed by atoms with Gasteiger partial charge in [0, 0.05) is 0 Å². The summed E-state index contributed by atoms with van der Waals surface area (Å²) in [6, 6.07) is 0. The molecule has 0 spiro atoms. The lowest BCUT2D eigenvalue weighted by molar-refractivity contribution is 5.30. The van der Waals surface area contributed by atoms with Gasteiger partial charge in [0.05, 0.1) is 1.28 Å². The van der Waals surface area contributed by atoms with Gasteiger partial charge in [-0.15, -0.1) is 17.9 Å². The standard InChI is InChI=1S/H6P4/c1-3-4-2/h3-4H,1-2H2/i3D. The summed E-state index contributed by atoms with van der Waals surface area (Å²) >= 11 is 0. The van der Waals surface area contributed by atoms with E-state index in [1.807, 2.05) is 0 Å². The molecule has 4 heteroatoms. The van der Waals surface area contributed by atoms with E-state index in [-0.39, 0.29) is 0 Å². The normalized spacial score (nSPS) is 22.0. The van der Waals surface area contributed by atoms with Gasteiger partial charge in [-0.1, -0.05) is 15.9 Å². The Hall–Kier alpha value is 1.72. The molecule has 0 aromatic carbocycles. The fourth-order valence-electron chi connectivity index (χ4n) is 0. The molecule has 0 aliphatic heterocycles. The van der Waals surface area contributed by atoms with Gasteiger partial charge < -0.3 is 0 Å². The van der Waals surface area contributed by atoms with Crippen molar-refractivity contribution in [2.75, 3.05) is 0 Å². The molecular formula is H6P4. The van der Waals surface area contributed by atoms with Crippen molar-refractivity contribution in [1.82, 2.24) is 0 Å². The van der Waals surface area contributed by atoms with Crippen LogP contribution in [-0.2, 0) is 0 Å². The SMILES string of the molecule is [2H]P(P)PP. The Morgan fingerprint density at radius 3 is 2.00 bits per heavy atom. The maximum absolute atomic E-state index is 6.85. The molecule has 0 aliphatic rings. The minimum absolute atomic E-state index is 0.441. The summed E-state index contributed by atoms with van der Waals surface area (Å²) in [5.41, 5.74) is 0. The van der Waals surface area contributed by atoms with Crippen molar-refractivity contribution in [3.63, 3.8) is 0 Å². The van der Waals surface area contributed by atoms with Crippen LogP contribution in [0.1, 0.15) is 0 Å². The smallest absolute Gasteiger partial charge is 0.0671 e. The number of hydrogen-bond acceptors (Lipinski definition) is 0. The molecule has 0 radical (unpaired) electrons. The van der Waals surface area contributed by atoms with Gasteiger partial charge in [-0.05, 0) is 0 Å². The molecule has 0 N–H and O–H groups in total. The zero-order valence-corrected chi connectivity index (χ0v) is 6.31. The van der Waals surface area contributed by atoms with E-state index in [9.17, 15) is 0 Å². The lowest BCUT2D eigenvalue weighted by Crippen LogP contribution is -0.756. The fraction of sp³-hybridized carbons (Fsp3) is 0. The van der Waals surface area contributed by atoms with E-state index in [1.165, 1.54) is 0 Å². The maximum atomic E-state index is 6.85. The second-order valence-electron chi connectivity index (χ2n) is 0.258. The van der Waals surface area contributed by atoms with E-state index < -0.39 is 7.90 Å². The molecule has 0 aliphatic carbocycles. The average molecular weight is 131 g/mol. The predicted molar refractivity (Wildman–Crippen MR) is 36.1 cm³/mol. The van der Waals surface area contributed by atoms with Crippen LogP contribution in [0.4, 0.5) is 0 Å². The largest absolute Gasteiger partial charge is 0.110 e. The van der Waals surface area contributed by atoms with E-state index in [2.05, 4.69) is 17.9 Å². The van der Waals surface area contributed by atoms with Gasteiger partial charge >= 0.3 is 0 Å². The van der Waals surface area contributed by atoms with E-state index in [0.29, 0.717) is 0 Å². The van der Waals surface area contributed by atoms with Crippen LogP contribution in [0.5, 0.6) is 0 Å². The van der Waals surface area contributed by atoms with Crippen LogP contribution in [0.2, 0.25) is 0 Å². The van der Waals surface area contributed by atoms with Gasteiger partial charge in [-0.25, -0.2) is 0 Å². The van der Waals surface area contributed by atoms with Crippen molar-refractivity contribution in [3.05, 3.63) is 0 Å². The minimum Gasteiger partial charge on any atom is -0.110 e. The van der Waals surface area contributed by atoms with Crippen LogP contribution in [-0.4, -0.2) is 1.28 Å². The lowest BCUT2D eigenvalue weighted by Gasteiger charge is -1.70. The third-order valence-electron chi connectivity index (χ3n) is 0.0745. The van der Waals surface area contributed by atoms with Crippen LogP contribution in [0.15, 0.2) is 0 Å². The Morgan fingerprint density at radius 1 is 1.75 bits per heavy atom. The quantitative estimate of drug-likeness (QED) is 0.476. The molecular weight excluding hydrogens is 124 g/mol. The molecule has 0 saturated carbocycles. The molecule has 0 fully saturated rings. The Morgan fingerprint density at radius 2 is 2.00 bits per heavy atom. The molecule has 0 nitrogen and oxygen atoms in total. The Labute approximate surface area is 35.8 Å². The average Bonchev–Trinajstić information content (AvgIpc) is 1.38. The van der Waals surface area contributed by atoms with Gasteiger partial charge in [0.2, 0.25) is 0 Å². The third-order valence-corrected chi connectivity index (χ3v) is 6.04. The van der Waals surface area contributed by atoms with Gasteiger partial charge in [-0.2, -0.15) is 0 Å². The van der Waals surface area contributed by atoms with Crippen molar-refractivity contribution >= 4 is 33.7 Å². The highest BCUT2D eigenvalue weighted by Gasteiger charge is 1.53. The van der Waals surface area contributed by atoms with E-state index in [1.54, 1.807) is 0 Å². The highest BCUT2D eigenvalue weighted by atomic mass is 32.6. The third kappa shape index (κ3) is 3.72. The minimum atomic E-state index is -0.441. The van der Waals surface area contributed by atoms with E-state index in [4.69, 9.17) is 1.28 Å². The summed E-state index contributed by atoms with van der Waals surface area (Å²) in [5.74, 6) is 0. The topological polar surface area (TPSA) is 0 Å². The zero-order chi connectivity index (χ0) is 4.28. The Kier molecular flexibility index (Phi) is 4.60. The summed E-state index contributed by atoms with van der Waals surface area (Å²) in [5, 5.41) is 0. The van der Waals surface area contributed by atoms with E-state index >= 15 is 0 Å². The molecule has 26 valence electrons. The molecule has 0 amide bonds. The highest BCUT2D eigenvalue weighted by Crippen LogP contribution is 2.48. The highest BCUT2D eigenvalue weighted by molar-refractivity contribution is 8.54. The summed E-state index contributed by atoms with van der Waals surface area (Å²) in [7, 11) is 5.28.